The summed E-state index contributed by atoms with van der Waals surface area (Å²) in [4.78, 5) is 41.8. The summed E-state index contributed by atoms with van der Waals surface area (Å²) >= 11 is 0. The Kier molecular flexibility index (Phi) is 7.74. The second kappa shape index (κ2) is 11.3. The fourth-order valence-electron chi connectivity index (χ4n) is 3.80. The number of carbonyl (C=O) groups is 3. The number of carbonyl (C=O) groups excluding carboxylic acids is 3. The van der Waals surface area contributed by atoms with Gasteiger partial charge in [0.2, 0.25) is 5.91 Å². The highest BCUT2D eigenvalue weighted by Crippen LogP contribution is 2.17. The van der Waals surface area contributed by atoms with Crippen molar-refractivity contribution >= 4 is 29.3 Å². The number of piperazine rings is 1. The van der Waals surface area contributed by atoms with Crippen molar-refractivity contribution in [2.75, 3.05) is 30.3 Å². The van der Waals surface area contributed by atoms with E-state index in [9.17, 15) is 23.2 Å². The van der Waals surface area contributed by atoms with Gasteiger partial charge in [-0.3, -0.25) is 4.79 Å². The van der Waals surface area contributed by atoms with Crippen LogP contribution in [0.3, 0.4) is 0 Å². The first-order chi connectivity index (χ1) is 17.4. The molecule has 1 fully saturated rings. The van der Waals surface area contributed by atoms with Crippen molar-refractivity contribution in [2.45, 2.75) is 12.6 Å². The highest BCUT2D eigenvalue weighted by molar-refractivity contribution is 5.95. The van der Waals surface area contributed by atoms with Gasteiger partial charge in [-0.25, -0.2) is 18.4 Å². The second-order valence-electron chi connectivity index (χ2n) is 8.23. The predicted octanol–water partition coefficient (Wildman–Crippen LogP) is 4.03. The fraction of sp³-hybridized carbons (Fsp3) is 0.192. The molecular weight excluding hydrogens is 468 g/mol. The summed E-state index contributed by atoms with van der Waals surface area (Å²) in [5, 5.41) is 8.18. The number of anilines is 2. The monoisotopic (exact) mass is 493 g/mol. The van der Waals surface area contributed by atoms with Crippen molar-refractivity contribution in [3.8, 4) is 0 Å². The summed E-state index contributed by atoms with van der Waals surface area (Å²) in [6.45, 7) is 0.468. The van der Waals surface area contributed by atoms with E-state index in [1.807, 2.05) is 30.3 Å². The zero-order chi connectivity index (χ0) is 25.5. The fourth-order valence-corrected chi connectivity index (χ4v) is 3.80. The Balaban J connectivity index is 1.47. The standard InChI is InChI=1S/C26H25F2N5O3/c27-19-6-10-21(11-7-19)30-25(35)32-14-15-33(26(36)31-22-12-8-20(28)9-13-22)23(17-32)24(34)29-16-18-4-2-1-3-5-18/h1-13,23H,14-17H2,(H,29,34)(H,30,35)(H,31,36). The van der Waals surface area contributed by atoms with Gasteiger partial charge in [-0.2, -0.15) is 0 Å². The minimum absolute atomic E-state index is 0.0511. The van der Waals surface area contributed by atoms with Crippen LogP contribution in [0, 0.1) is 11.6 Å². The van der Waals surface area contributed by atoms with Gasteiger partial charge in [0.05, 0.1) is 6.54 Å². The van der Waals surface area contributed by atoms with Gasteiger partial charge in [0, 0.05) is 31.0 Å². The number of rotatable bonds is 5. The first-order valence-corrected chi connectivity index (χ1v) is 11.4. The largest absolute Gasteiger partial charge is 0.350 e. The van der Waals surface area contributed by atoms with Gasteiger partial charge in [0.15, 0.2) is 0 Å². The molecule has 1 aliphatic heterocycles. The summed E-state index contributed by atoms with van der Waals surface area (Å²) in [6.07, 6.45) is 0. The van der Waals surface area contributed by atoms with Gasteiger partial charge in [-0.1, -0.05) is 30.3 Å². The van der Waals surface area contributed by atoms with Crippen LogP contribution in [-0.2, 0) is 11.3 Å². The minimum Gasteiger partial charge on any atom is -0.350 e. The van der Waals surface area contributed by atoms with Crippen LogP contribution in [0.25, 0.3) is 0 Å². The third kappa shape index (κ3) is 6.35. The molecule has 1 heterocycles. The molecule has 1 atom stereocenters. The van der Waals surface area contributed by atoms with Gasteiger partial charge < -0.3 is 25.8 Å². The number of benzene rings is 3. The molecule has 186 valence electrons. The molecule has 0 aromatic heterocycles. The molecule has 36 heavy (non-hydrogen) atoms. The van der Waals surface area contributed by atoms with E-state index in [0.717, 1.165) is 5.56 Å². The summed E-state index contributed by atoms with van der Waals surface area (Å²) < 4.78 is 26.4. The van der Waals surface area contributed by atoms with Crippen LogP contribution in [0.4, 0.5) is 29.7 Å². The number of urea groups is 2. The van der Waals surface area contributed by atoms with Crippen molar-refractivity contribution in [1.82, 2.24) is 15.1 Å². The van der Waals surface area contributed by atoms with Gasteiger partial charge in [0.1, 0.15) is 17.7 Å². The zero-order valence-corrected chi connectivity index (χ0v) is 19.3. The maximum Gasteiger partial charge on any atom is 0.322 e. The Morgan fingerprint density at radius 3 is 1.89 bits per heavy atom. The quantitative estimate of drug-likeness (QED) is 0.501. The molecule has 3 N–H and O–H groups in total. The highest BCUT2D eigenvalue weighted by Gasteiger charge is 2.37. The summed E-state index contributed by atoms with van der Waals surface area (Å²) in [7, 11) is 0. The van der Waals surface area contributed by atoms with Crippen LogP contribution in [0.2, 0.25) is 0 Å². The number of nitrogens with zero attached hydrogens (tertiary/aromatic N) is 2. The normalized spacial score (nSPS) is 15.2. The topological polar surface area (TPSA) is 93.8 Å². The number of hydrogen-bond acceptors (Lipinski definition) is 3. The number of nitrogens with one attached hydrogen (secondary N) is 3. The van der Waals surface area contributed by atoms with Crippen LogP contribution in [0.1, 0.15) is 5.56 Å². The van der Waals surface area contributed by atoms with Crippen LogP contribution in [-0.4, -0.2) is 53.4 Å². The maximum atomic E-state index is 13.2. The highest BCUT2D eigenvalue weighted by atomic mass is 19.1. The average molecular weight is 494 g/mol. The van der Waals surface area contributed by atoms with Gasteiger partial charge in [0.25, 0.3) is 0 Å². The molecular formula is C26H25F2N5O3. The zero-order valence-electron chi connectivity index (χ0n) is 19.3. The Hall–Kier alpha value is -4.47. The van der Waals surface area contributed by atoms with Crippen LogP contribution in [0.5, 0.6) is 0 Å². The van der Waals surface area contributed by atoms with E-state index in [4.69, 9.17) is 0 Å². The Labute approximate surface area is 206 Å². The smallest absolute Gasteiger partial charge is 0.322 e. The third-order valence-corrected chi connectivity index (χ3v) is 5.73. The first-order valence-electron chi connectivity index (χ1n) is 11.4. The van der Waals surface area contributed by atoms with Gasteiger partial charge in [-0.15, -0.1) is 0 Å². The lowest BCUT2D eigenvalue weighted by Crippen LogP contribution is -2.62. The van der Waals surface area contributed by atoms with Crippen molar-refractivity contribution in [2.24, 2.45) is 0 Å². The van der Waals surface area contributed by atoms with E-state index in [-0.39, 0.29) is 26.2 Å². The average Bonchev–Trinajstić information content (AvgIpc) is 2.90. The summed E-state index contributed by atoms with van der Waals surface area (Å²) in [5.74, 6) is -1.29. The molecule has 0 aliphatic carbocycles. The minimum atomic E-state index is -0.970. The number of halogens is 2. The van der Waals surface area contributed by atoms with Crippen LogP contribution in [0.15, 0.2) is 78.9 Å². The molecule has 0 spiro atoms. The lowest BCUT2D eigenvalue weighted by Gasteiger charge is -2.40. The molecule has 1 saturated heterocycles. The molecule has 10 heteroatoms. The van der Waals surface area contributed by atoms with E-state index in [0.29, 0.717) is 11.4 Å². The lowest BCUT2D eigenvalue weighted by atomic mass is 10.1. The van der Waals surface area contributed by atoms with E-state index in [2.05, 4.69) is 16.0 Å². The van der Waals surface area contributed by atoms with E-state index < -0.39 is 35.6 Å². The van der Waals surface area contributed by atoms with Crippen molar-refractivity contribution in [1.29, 1.82) is 0 Å². The SMILES string of the molecule is O=C(NCc1ccccc1)C1CN(C(=O)Nc2ccc(F)cc2)CCN1C(=O)Nc1ccc(F)cc1. The van der Waals surface area contributed by atoms with E-state index in [1.54, 1.807) is 0 Å². The molecule has 1 aliphatic rings. The van der Waals surface area contributed by atoms with E-state index >= 15 is 0 Å². The first kappa shape index (κ1) is 24.6. The second-order valence-corrected chi connectivity index (χ2v) is 8.23. The lowest BCUT2D eigenvalue weighted by molar-refractivity contribution is -0.127. The molecule has 8 nitrogen and oxygen atoms in total. The van der Waals surface area contributed by atoms with Crippen molar-refractivity contribution < 1.29 is 23.2 Å². The Morgan fingerprint density at radius 2 is 1.31 bits per heavy atom. The molecule has 3 aromatic carbocycles. The third-order valence-electron chi connectivity index (χ3n) is 5.73. The van der Waals surface area contributed by atoms with Crippen molar-refractivity contribution in [3.63, 3.8) is 0 Å². The molecule has 1 unspecified atom stereocenters. The molecule has 3 aromatic rings. The summed E-state index contributed by atoms with van der Waals surface area (Å²) in [6, 6.07) is 17.9. The van der Waals surface area contributed by atoms with Crippen LogP contribution < -0.4 is 16.0 Å². The molecule has 5 amide bonds. The van der Waals surface area contributed by atoms with E-state index in [1.165, 1.54) is 58.3 Å². The maximum absolute atomic E-state index is 13.2. The van der Waals surface area contributed by atoms with Gasteiger partial charge in [-0.05, 0) is 54.1 Å². The molecule has 0 saturated carbocycles. The molecule has 0 radical (unpaired) electrons. The predicted molar refractivity (Wildman–Crippen MR) is 131 cm³/mol. The summed E-state index contributed by atoms with van der Waals surface area (Å²) in [5.41, 5.74) is 1.67. The van der Waals surface area contributed by atoms with Gasteiger partial charge >= 0.3 is 12.1 Å². The van der Waals surface area contributed by atoms with Crippen LogP contribution >= 0.6 is 0 Å². The number of hydrogen-bond donors (Lipinski definition) is 3. The number of amides is 5. The Morgan fingerprint density at radius 1 is 0.750 bits per heavy atom. The van der Waals surface area contributed by atoms with Crippen molar-refractivity contribution in [3.05, 3.63) is 96.1 Å². The Bertz CT molecular complexity index is 1210. The molecule has 0 bridgehead atoms. The molecule has 4 rings (SSSR count).